The Hall–Kier alpha value is -0.430. The van der Waals surface area contributed by atoms with Gasteiger partial charge in [0.1, 0.15) is 0 Å². The van der Waals surface area contributed by atoms with Crippen LogP contribution in [0.5, 0.6) is 0 Å². The predicted molar refractivity (Wildman–Crippen MR) is 67.3 cm³/mol. The molecule has 0 bridgehead atoms. The van der Waals surface area contributed by atoms with E-state index in [0.717, 1.165) is 0 Å². The van der Waals surface area contributed by atoms with Gasteiger partial charge in [-0.15, -0.1) is 0 Å². The first-order valence-corrected chi connectivity index (χ1v) is 5.60. The van der Waals surface area contributed by atoms with Crippen molar-refractivity contribution < 1.29 is 0 Å². The van der Waals surface area contributed by atoms with Gasteiger partial charge in [0.05, 0.1) is 0 Å². The second-order valence-electron chi connectivity index (χ2n) is 4.79. The normalized spacial score (nSPS) is 12.2. The summed E-state index contributed by atoms with van der Waals surface area (Å²) >= 11 is 4.60. The second kappa shape index (κ2) is 3.98. The standard InChI is InChI=1S/C13H20S/c1-9(2)11-6-7-12(10(3)8-11)13(4,5)14/h6-9,14H,1-5H3. The van der Waals surface area contributed by atoms with E-state index in [1.807, 2.05) is 0 Å². The highest BCUT2D eigenvalue weighted by molar-refractivity contribution is 7.81. The molecule has 1 aromatic carbocycles. The number of aryl methyl sites for hydroxylation is 1. The van der Waals surface area contributed by atoms with Gasteiger partial charge in [-0.2, -0.15) is 12.6 Å². The number of thiol groups is 1. The van der Waals surface area contributed by atoms with Gasteiger partial charge in [-0.1, -0.05) is 32.0 Å². The molecule has 0 amide bonds. The predicted octanol–water partition coefficient (Wildman–Crippen LogP) is 4.28. The van der Waals surface area contributed by atoms with Crippen LogP contribution in [0.4, 0.5) is 0 Å². The molecule has 0 atom stereocenters. The number of hydrogen-bond acceptors (Lipinski definition) is 1. The summed E-state index contributed by atoms with van der Waals surface area (Å²) in [6, 6.07) is 6.70. The molecule has 1 rings (SSSR count). The van der Waals surface area contributed by atoms with Gasteiger partial charge < -0.3 is 0 Å². The maximum absolute atomic E-state index is 4.60. The fourth-order valence-corrected chi connectivity index (χ4v) is 1.98. The minimum Gasteiger partial charge on any atom is -0.168 e. The summed E-state index contributed by atoms with van der Waals surface area (Å²) in [6.45, 7) is 10.9. The number of rotatable bonds is 2. The van der Waals surface area contributed by atoms with E-state index >= 15 is 0 Å². The van der Waals surface area contributed by atoms with Crippen molar-refractivity contribution in [3.05, 3.63) is 34.9 Å². The van der Waals surface area contributed by atoms with Crippen LogP contribution in [0.3, 0.4) is 0 Å². The Kier molecular flexibility index (Phi) is 3.31. The van der Waals surface area contributed by atoms with Crippen LogP contribution in [-0.4, -0.2) is 0 Å². The molecule has 1 aromatic rings. The summed E-state index contributed by atoms with van der Waals surface area (Å²) in [5.74, 6) is 0.603. The Morgan fingerprint density at radius 3 is 2.14 bits per heavy atom. The molecular weight excluding hydrogens is 188 g/mol. The van der Waals surface area contributed by atoms with Gasteiger partial charge in [0, 0.05) is 4.75 Å². The highest BCUT2D eigenvalue weighted by Gasteiger charge is 2.17. The summed E-state index contributed by atoms with van der Waals surface area (Å²) in [7, 11) is 0. The zero-order chi connectivity index (χ0) is 10.9. The lowest BCUT2D eigenvalue weighted by Crippen LogP contribution is -2.10. The first-order valence-electron chi connectivity index (χ1n) is 5.16. The first-order chi connectivity index (χ1) is 6.32. The third kappa shape index (κ3) is 2.54. The lowest BCUT2D eigenvalue weighted by atomic mass is 9.92. The van der Waals surface area contributed by atoms with Crippen LogP contribution in [0.25, 0.3) is 0 Å². The Balaban J connectivity index is 3.15. The minimum atomic E-state index is -0.0421. The maximum atomic E-state index is 4.60. The van der Waals surface area contributed by atoms with Gasteiger partial charge in [-0.3, -0.25) is 0 Å². The Labute approximate surface area is 93.1 Å². The molecule has 0 nitrogen and oxygen atoms in total. The molecule has 0 fully saturated rings. The lowest BCUT2D eigenvalue weighted by Gasteiger charge is -2.21. The monoisotopic (exact) mass is 208 g/mol. The third-order valence-corrected chi connectivity index (χ3v) is 2.82. The van der Waals surface area contributed by atoms with Crippen LogP contribution in [0, 0.1) is 6.92 Å². The molecule has 0 spiro atoms. The van der Waals surface area contributed by atoms with Crippen LogP contribution in [-0.2, 0) is 4.75 Å². The Morgan fingerprint density at radius 1 is 1.21 bits per heavy atom. The molecular formula is C13H20S. The van der Waals surface area contributed by atoms with Crippen molar-refractivity contribution in [3.8, 4) is 0 Å². The van der Waals surface area contributed by atoms with E-state index in [9.17, 15) is 0 Å². The largest absolute Gasteiger partial charge is 0.168 e. The maximum Gasteiger partial charge on any atom is 0.0324 e. The van der Waals surface area contributed by atoms with Crippen molar-refractivity contribution in [2.45, 2.75) is 45.3 Å². The zero-order valence-corrected chi connectivity index (χ0v) is 10.7. The summed E-state index contributed by atoms with van der Waals surface area (Å²) < 4.78 is -0.0421. The van der Waals surface area contributed by atoms with E-state index in [4.69, 9.17) is 0 Å². The molecule has 0 aliphatic rings. The van der Waals surface area contributed by atoms with E-state index in [-0.39, 0.29) is 4.75 Å². The molecule has 0 heterocycles. The van der Waals surface area contributed by atoms with Crippen molar-refractivity contribution >= 4 is 12.6 Å². The summed E-state index contributed by atoms with van der Waals surface area (Å²) in [6.07, 6.45) is 0. The van der Waals surface area contributed by atoms with Gasteiger partial charge in [-0.05, 0) is 43.4 Å². The van der Waals surface area contributed by atoms with E-state index in [1.165, 1.54) is 16.7 Å². The Bertz CT molecular complexity index is 318. The Morgan fingerprint density at radius 2 is 1.79 bits per heavy atom. The quantitative estimate of drug-likeness (QED) is 0.689. The summed E-state index contributed by atoms with van der Waals surface area (Å²) in [5, 5.41) is 0. The van der Waals surface area contributed by atoms with Crippen molar-refractivity contribution in [1.29, 1.82) is 0 Å². The van der Waals surface area contributed by atoms with E-state index in [1.54, 1.807) is 0 Å². The van der Waals surface area contributed by atoms with Gasteiger partial charge in [-0.25, -0.2) is 0 Å². The number of benzene rings is 1. The van der Waals surface area contributed by atoms with E-state index in [0.29, 0.717) is 5.92 Å². The van der Waals surface area contributed by atoms with Crippen LogP contribution in [0.2, 0.25) is 0 Å². The fourth-order valence-electron chi connectivity index (χ4n) is 1.73. The van der Waals surface area contributed by atoms with Crippen LogP contribution in [0.1, 0.15) is 50.3 Å². The van der Waals surface area contributed by atoms with Crippen molar-refractivity contribution in [1.82, 2.24) is 0 Å². The molecule has 0 aliphatic heterocycles. The van der Waals surface area contributed by atoms with Crippen molar-refractivity contribution in [3.63, 3.8) is 0 Å². The van der Waals surface area contributed by atoms with E-state index < -0.39 is 0 Å². The molecule has 0 aliphatic carbocycles. The lowest BCUT2D eigenvalue weighted by molar-refractivity contribution is 0.777. The van der Waals surface area contributed by atoms with Crippen LogP contribution < -0.4 is 0 Å². The van der Waals surface area contributed by atoms with Gasteiger partial charge in [0.2, 0.25) is 0 Å². The molecule has 0 unspecified atom stereocenters. The van der Waals surface area contributed by atoms with Gasteiger partial charge in [0.25, 0.3) is 0 Å². The molecule has 0 N–H and O–H groups in total. The molecule has 0 radical (unpaired) electrons. The molecule has 78 valence electrons. The summed E-state index contributed by atoms with van der Waals surface area (Å²) in [5.41, 5.74) is 4.07. The SMILES string of the molecule is Cc1cc(C(C)C)ccc1C(C)(C)S. The fraction of sp³-hybridized carbons (Fsp3) is 0.538. The van der Waals surface area contributed by atoms with Crippen molar-refractivity contribution in [2.75, 3.05) is 0 Å². The van der Waals surface area contributed by atoms with Gasteiger partial charge in [0.15, 0.2) is 0 Å². The average Bonchev–Trinajstić information content (AvgIpc) is 2.01. The highest BCUT2D eigenvalue weighted by atomic mass is 32.1. The number of hydrogen-bond donors (Lipinski definition) is 1. The zero-order valence-electron chi connectivity index (χ0n) is 9.76. The van der Waals surface area contributed by atoms with Crippen LogP contribution in [0.15, 0.2) is 18.2 Å². The molecule has 14 heavy (non-hydrogen) atoms. The summed E-state index contributed by atoms with van der Waals surface area (Å²) in [4.78, 5) is 0. The van der Waals surface area contributed by atoms with Gasteiger partial charge >= 0.3 is 0 Å². The molecule has 0 saturated heterocycles. The van der Waals surface area contributed by atoms with Crippen molar-refractivity contribution in [2.24, 2.45) is 0 Å². The molecule has 0 aromatic heterocycles. The average molecular weight is 208 g/mol. The molecule has 0 saturated carbocycles. The first kappa shape index (κ1) is 11.6. The topological polar surface area (TPSA) is 0 Å². The smallest absolute Gasteiger partial charge is 0.0324 e. The van der Waals surface area contributed by atoms with Crippen LogP contribution >= 0.6 is 12.6 Å². The molecule has 1 heteroatoms. The second-order valence-corrected chi connectivity index (χ2v) is 5.91. The highest BCUT2D eigenvalue weighted by Crippen LogP contribution is 2.31. The van der Waals surface area contributed by atoms with E-state index in [2.05, 4.69) is 65.4 Å². The third-order valence-electron chi connectivity index (χ3n) is 2.58. The minimum absolute atomic E-state index is 0.0421.